The van der Waals surface area contributed by atoms with Crippen molar-refractivity contribution in [3.05, 3.63) is 11.6 Å². The van der Waals surface area contributed by atoms with Gasteiger partial charge in [-0.2, -0.15) is 0 Å². The van der Waals surface area contributed by atoms with Crippen LogP contribution in [0.3, 0.4) is 0 Å². The lowest BCUT2D eigenvalue weighted by molar-refractivity contribution is -0.237. The molecule has 8 atom stereocenters. The van der Waals surface area contributed by atoms with Crippen molar-refractivity contribution in [1.29, 1.82) is 0 Å². The van der Waals surface area contributed by atoms with Crippen LogP contribution < -0.4 is 0 Å². The fourth-order valence-corrected chi connectivity index (χ4v) is 5.26. The van der Waals surface area contributed by atoms with Crippen molar-refractivity contribution in [3.63, 3.8) is 0 Å². The molecule has 0 aromatic heterocycles. The first-order chi connectivity index (χ1) is 11.2. The fraction of sp³-hybridized carbons (Fsp3) is 0.824. The van der Waals surface area contributed by atoms with E-state index in [0.29, 0.717) is 6.61 Å². The number of ether oxygens (including phenoxy) is 3. The van der Waals surface area contributed by atoms with Crippen LogP contribution in [0.25, 0.3) is 0 Å². The molecule has 4 aliphatic rings. The number of aliphatic hydroxyl groups excluding tert-OH is 3. The Kier molecular flexibility index (Phi) is 3.29. The van der Waals surface area contributed by atoms with Crippen molar-refractivity contribution in [2.45, 2.75) is 63.3 Å². The highest BCUT2D eigenvalue weighted by Gasteiger charge is 2.85. The quantitative estimate of drug-likeness (QED) is 0.354. The van der Waals surface area contributed by atoms with Gasteiger partial charge in [0, 0.05) is 17.8 Å². The highest BCUT2D eigenvalue weighted by Crippen LogP contribution is 2.71. The number of hydrogen-bond donors (Lipinski definition) is 3. The van der Waals surface area contributed by atoms with Gasteiger partial charge < -0.3 is 29.5 Å². The van der Waals surface area contributed by atoms with Crippen molar-refractivity contribution in [1.82, 2.24) is 0 Å². The minimum atomic E-state index is -1.09. The van der Waals surface area contributed by atoms with Crippen LogP contribution in [-0.4, -0.2) is 70.6 Å². The third-order valence-electron chi connectivity index (χ3n) is 6.92. The summed E-state index contributed by atoms with van der Waals surface area (Å²) < 4.78 is 17.2. The lowest BCUT2D eigenvalue weighted by Gasteiger charge is -2.58. The van der Waals surface area contributed by atoms with Gasteiger partial charge in [0.1, 0.15) is 24.4 Å². The van der Waals surface area contributed by atoms with E-state index in [1.54, 1.807) is 0 Å². The summed E-state index contributed by atoms with van der Waals surface area (Å²) in [5, 5.41) is 31.9. The topological polar surface area (TPSA) is 109 Å². The van der Waals surface area contributed by atoms with E-state index in [2.05, 4.69) is 0 Å². The van der Waals surface area contributed by atoms with Crippen LogP contribution >= 0.6 is 0 Å². The number of fused-ring (bicyclic) bond motifs is 2. The molecule has 2 aliphatic heterocycles. The minimum absolute atomic E-state index is 0.00799. The van der Waals surface area contributed by atoms with Gasteiger partial charge in [0.05, 0.1) is 24.9 Å². The molecular weight excluding hydrogens is 316 g/mol. The molecule has 2 heterocycles. The highest BCUT2D eigenvalue weighted by atomic mass is 16.6. The summed E-state index contributed by atoms with van der Waals surface area (Å²) in [6.07, 6.45) is -1.92. The molecule has 0 amide bonds. The normalized spacial score (nSPS) is 55.1. The van der Waals surface area contributed by atoms with Gasteiger partial charge in [0.2, 0.25) is 0 Å². The second-order valence-electron chi connectivity index (χ2n) is 7.86. The molecule has 3 unspecified atom stereocenters. The smallest absolute Gasteiger partial charge is 0.302 e. The lowest BCUT2D eigenvalue weighted by atomic mass is 9.51. The maximum atomic E-state index is 11.5. The molecule has 0 radical (unpaired) electrons. The molecule has 7 nitrogen and oxygen atoms in total. The number of esters is 1. The van der Waals surface area contributed by atoms with Crippen molar-refractivity contribution in [2.24, 2.45) is 10.8 Å². The second kappa shape index (κ2) is 4.80. The molecule has 1 spiro atoms. The van der Waals surface area contributed by atoms with Gasteiger partial charge in [-0.05, 0) is 18.9 Å². The number of epoxide rings is 1. The number of hydrogen-bond acceptors (Lipinski definition) is 7. The van der Waals surface area contributed by atoms with Gasteiger partial charge in [0.25, 0.3) is 0 Å². The van der Waals surface area contributed by atoms with Crippen molar-refractivity contribution < 1.29 is 34.3 Å². The Morgan fingerprint density at radius 1 is 1.42 bits per heavy atom. The van der Waals surface area contributed by atoms with Crippen LogP contribution in [-0.2, 0) is 19.0 Å². The largest absolute Gasteiger partial charge is 0.465 e. The second-order valence-corrected chi connectivity index (χ2v) is 7.86. The summed E-state index contributed by atoms with van der Waals surface area (Å²) in [5.74, 6) is -0.437. The average molecular weight is 340 g/mol. The first-order valence-electron chi connectivity index (χ1n) is 8.35. The summed E-state index contributed by atoms with van der Waals surface area (Å²) in [6, 6.07) is 0. The maximum absolute atomic E-state index is 11.5. The zero-order valence-corrected chi connectivity index (χ0v) is 14.1. The summed E-state index contributed by atoms with van der Waals surface area (Å²) in [6.45, 7) is 5.36. The monoisotopic (exact) mass is 340 g/mol. The van der Waals surface area contributed by atoms with Crippen LogP contribution in [0.5, 0.6) is 0 Å². The minimum Gasteiger partial charge on any atom is -0.465 e. The third kappa shape index (κ3) is 1.67. The zero-order valence-electron chi connectivity index (χ0n) is 14.1. The summed E-state index contributed by atoms with van der Waals surface area (Å²) in [7, 11) is 0. The first kappa shape index (κ1) is 16.5. The Balaban J connectivity index is 1.87. The molecule has 4 rings (SSSR count). The van der Waals surface area contributed by atoms with E-state index < -0.39 is 52.9 Å². The Morgan fingerprint density at radius 2 is 2.08 bits per heavy atom. The number of carbonyl (C=O) groups is 1. The van der Waals surface area contributed by atoms with Crippen LogP contribution in [0.15, 0.2) is 11.6 Å². The average Bonchev–Trinajstić information content (AvgIpc) is 3.30. The highest BCUT2D eigenvalue weighted by molar-refractivity contribution is 5.66. The molecule has 3 N–H and O–H groups in total. The van der Waals surface area contributed by atoms with Crippen LogP contribution in [0.4, 0.5) is 0 Å². The number of carbonyl (C=O) groups excluding carboxylic acids is 1. The Labute approximate surface area is 140 Å². The van der Waals surface area contributed by atoms with Gasteiger partial charge in [-0.3, -0.25) is 4.79 Å². The first-order valence-corrected chi connectivity index (χ1v) is 8.35. The third-order valence-corrected chi connectivity index (χ3v) is 6.92. The molecule has 24 heavy (non-hydrogen) atoms. The van der Waals surface area contributed by atoms with Gasteiger partial charge >= 0.3 is 5.97 Å². The lowest BCUT2D eigenvalue weighted by Crippen LogP contribution is -2.67. The van der Waals surface area contributed by atoms with E-state index >= 15 is 0 Å². The van der Waals surface area contributed by atoms with E-state index in [0.717, 1.165) is 5.57 Å². The Morgan fingerprint density at radius 3 is 2.67 bits per heavy atom. The standard InChI is InChI=1S/C17H24O7/c1-8-4-11-16(5-10(8)19,6-22-9(2)18)15(3)13(21)12(20)14(24-11)17(15)7-23-17/h4,10-14,19-21H,5-7H2,1-3H3/t10?,11-,12?,13?,14-,15-,16-,17+/m1/s1. The Hall–Kier alpha value is -0.990. The van der Waals surface area contributed by atoms with E-state index in [9.17, 15) is 20.1 Å². The molecule has 3 fully saturated rings. The predicted molar refractivity (Wildman–Crippen MR) is 80.9 cm³/mol. The van der Waals surface area contributed by atoms with E-state index in [1.165, 1.54) is 6.92 Å². The summed E-state index contributed by atoms with van der Waals surface area (Å²) in [4.78, 5) is 11.5. The molecule has 134 valence electrons. The van der Waals surface area contributed by atoms with E-state index in [1.807, 2.05) is 19.9 Å². The SMILES string of the molecule is CC(=O)OC[C@]12CC(O)C(C)=C[C@H]1O[C@@H]1C(O)C(O)[C@@]2(C)[C@]12CO2. The van der Waals surface area contributed by atoms with Gasteiger partial charge in [-0.15, -0.1) is 0 Å². The van der Waals surface area contributed by atoms with Gasteiger partial charge in [0.15, 0.2) is 0 Å². The van der Waals surface area contributed by atoms with Crippen LogP contribution in [0.2, 0.25) is 0 Å². The number of aliphatic hydroxyl groups is 3. The molecule has 0 aromatic carbocycles. The van der Waals surface area contributed by atoms with E-state index in [-0.39, 0.29) is 13.0 Å². The van der Waals surface area contributed by atoms with Crippen molar-refractivity contribution >= 4 is 5.97 Å². The molecular formula is C17H24O7. The molecule has 0 aromatic rings. The fourth-order valence-electron chi connectivity index (χ4n) is 5.26. The maximum Gasteiger partial charge on any atom is 0.302 e. The van der Waals surface area contributed by atoms with Gasteiger partial charge in [-0.1, -0.05) is 13.0 Å². The summed E-state index contributed by atoms with van der Waals surface area (Å²) >= 11 is 0. The van der Waals surface area contributed by atoms with Crippen molar-refractivity contribution in [2.75, 3.05) is 13.2 Å². The molecule has 2 saturated heterocycles. The molecule has 1 saturated carbocycles. The van der Waals surface area contributed by atoms with Crippen LogP contribution in [0, 0.1) is 10.8 Å². The van der Waals surface area contributed by atoms with Crippen LogP contribution in [0.1, 0.15) is 27.2 Å². The number of rotatable bonds is 2. The van der Waals surface area contributed by atoms with E-state index in [4.69, 9.17) is 14.2 Å². The van der Waals surface area contributed by atoms with Gasteiger partial charge in [-0.25, -0.2) is 0 Å². The zero-order chi connectivity index (χ0) is 17.5. The molecule has 7 heteroatoms. The predicted octanol–water partition coefficient (Wildman–Crippen LogP) is -0.475. The molecule has 2 bridgehead atoms. The van der Waals surface area contributed by atoms with Crippen molar-refractivity contribution in [3.8, 4) is 0 Å². The summed E-state index contributed by atoms with van der Waals surface area (Å²) in [5.41, 5.74) is -1.80. The Bertz CT molecular complexity index is 612. The molecule has 2 aliphatic carbocycles.